The van der Waals surface area contributed by atoms with Gasteiger partial charge in [-0.25, -0.2) is 4.39 Å². The third-order valence-electron chi connectivity index (χ3n) is 4.51. The van der Waals surface area contributed by atoms with Gasteiger partial charge in [0.1, 0.15) is 17.1 Å². The Balaban J connectivity index is 2.76. The largest absolute Gasteiger partial charge is 0.470 e. The summed E-state index contributed by atoms with van der Waals surface area (Å²) in [4.78, 5) is 20.5. The first-order valence-corrected chi connectivity index (χ1v) is 10.6. The number of benzene rings is 2. The molecule has 0 fully saturated rings. The molecule has 2 unspecified atom stereocenters. The Morgan fingerprint density at radius 1 is 1.16 bits per heavy atom. The highest BCUT2D eigenvalue weighted by Crippen LogP contribution is 2.65. The minimum atomic E-state index is -5.08. The molecule has 170 valence electrons. The van der Waals surface area contributed by atoms with Crippen molar-refractivity contribution in [1.29, 1.82) is 0 Å². The second kappa shape index (κ2) is 8.94. The monoisotopic (exact) mass is 465 g/mol. The van der Waals surface area contributed by atoms with Crippen molar-refractivity contribution >= 4 is 13.3 Å². The van der Waals surface area contributed by atoms with Crippen molar-refractivity contribution in [3.63, 3.8) is 0 Å². The Morgan fingerprint density at radius 2 is 1.74 bits per heavy atom. The summed E-state index contributed by atoms with van der Waals surface area (Å²) in [6, 6.07) is 6.18. The fourth-order valence-corrected chi connectivity index (χ4v) is 5.05. The average Bonchev–Trinajstić information content (AvgIpc) is 2.65. The van der Waals surface area contributed by atoms with Crippen molar-refractivity contribution in [2.45, 2.75) is 32.3 Å². The van der Waals surface area contributed by atoms with E-state index in [2.05, 4.69) is 0 Å². The van der Waals surface area contributed by atoms with Crippen molar-refractivity contribution in [3.05, 3.63) is 69.5 Å². The molecule has 0 amide bonds. The molecule has 2 aromatic carbocycles. The van der Waals surface area contributed by atoms with E-state index in [1.54, 1.807) is 0 Å². The molecule has 2 aromatic rings. The van der Waals surface area contributed by atoms with E-state index in [4.69, 9.17) is 9.26 Å². The van der Waals surface area contributed by atoms with E-state index in [0.717, 1.165) is 30.3 Å². The first-order chi connectivity index (χ1) is 14.3. The summed E-state index contributed by atoms with van der Waals surface area (Å²) in [7, 11) is -4.74. The number of nitro groups is 1. The maximum absolute atomic E-state index is 13.5. The number of hydrogen-bond donors (Lipinski definition) is 1. The molecule has 0 bridgehead atoms. The molecule has 31 heavy (non-hydrogen) atoms. The fraction of sp³-hybridized carbons (Fsp3) is 0.368. The molecule has 0 saturated carbocycles. The van der Waals surface area contributed by atoms with Gasteiger partial charge in [0.05, 0.1) is 11.5 Å². The number of nitrogens with zero attached hydrogens (tertiary/aromatic N) is 1. The topological polar surface area (TPSA) is 98.9 Å². The van der Waals surface area contributed by atoms with Crippen LogP contribution in [0.1, 0.15) is 31.9 Å². The molecule has 12 heteroatoms. The van der Waals surface area contributed by atoms with Gasteiger partial charge in [-0.1, -0.05) is 26.0 Å². The predicted molar refractivity (Wildman–Crippen MR) is 103 cm³/mol. The van der Waals surface area contributed by atoms with E-state index in [1.165, 1.54) is 20.8 Å². The van der Waals surface area contributed by atoms with Gasteiger partial charge in [-0.15, -0.1) is 0 Å². The molecule has 0 saturated heterocycles. The Kier molecular flexibility index (Phi) is 7.14. The van der Waals surface area contributed by atoms with E-state index in [0.29, 0.717) is 12.1 Å². The van der Waals surface area contributed by atoms with Crippen LogP contribution in [-0.2, 0) is 20.6 Å². The molecule has 0 aliphatic heterocycles. The highest BCUT2D eigenvalue weighted by molar-refractivity contribution is 7.54. The van der Waals surface area contributed by atoms with Crippen molar-refractivity contribution in [2.75, 3.05) is 6.61 Å². The van der Waals surface area contributed by atoms with Crippen molar-refractivity contribution < 1.29 is 41.2 Å². The van der Waals surface area contributed by atoms with Crippen molar-refractivity contribution in [2.24, 2.45) is 5.92 Å². The van der Waals surface area contributed by atoms with Crippen LogP contribution in [0.4, 0.5) is 23.2 Å². The summed E-state index contributed by atoms with van der Waals surface area (Å²) in [6.07, 6.45) is -5.08. The van der Waals surface area contributed by atoms with Crippen LogP contribution in [0.3, 0.4) is 0 Å². The number of hydrogen-bond acceptors (Lipinski definition) is 5. The van der Waals surface area contributed by atoms with Crippen LogP contribution in [0.15, 0.2) is 42.5 Å². The highest BCUT2D eigenvalue weighted by Gasteiger charge is 2.56. The summed E-state index contributed by atoms with van der Waals surface area (Å²) >= 11 is 0. The first kappa shape index (κ1) is 24.8. The van der Waals surface area contributed by atoms with Crippen LogP contribution in [-0.4, -0.2) is 16.4 Å². The van der Waals surface area contributed by atoms with E-state index in [-0.39, 0.29) is 12.2 Å². The van der Waals surface area contributed by atoms with Gasteiger partial charge in [-0.2, -0.15) is 13.2 Å². The third-order valence-corrected chi connectivity index (χ3v) is 6.82. The summed E-state index contributed by atoms with van der Waals surface area (Å²) in [6.45, 7) is 4.16. The molecular formula is C19H20F4NO6P. The standard InChI is InChI=1S/C19H20F4NO6P/c1-4-29-31(27,28)18(12(2)3,13-5-7-14(20)8-6-13)30-15-9-10-17(24(25)26)16(11-15)19(21,22)23/h5-12H,4H2,1-3H3,(H,27,28). The van der Waals surface area contributed by atoms with Crippen molar-refractivity contribution in [1.82, 2.24) is 0 Å². The van der Waals surface area contributed by atoms with Crippen molar-refractivity contribution in [3.8, 4) is 5.75 Å². The van der Waals surface area contributed by atoms with Crippen LogP contribution < -0.4 is 4.74 Å². The van der Waals surface area contributed by atoms with Crippen LogP contribution in [0, 0.1) is 21.8 Å². The quantitative estimate of drug-likeness (QED) is 0.227. The summed E-state index contributed by atoms with van der Waals surface area (Å²) < 4.78 is 77.5. The molecule has 2 atom stereocenters. The summed E-state index contributed by atoms with van der Waals surface area (Å²) in [5.74, 6) is -2.06. The molecule has 2 rings (SSSR count). The van der Waals surface area contributed by atoms with E-state index >= 15 is 0 Å². The minimum Gasteiger partial charge on any atom is -0.470 e. The first-order valence-electron chi connectivity index (χ1n) is 9.04. The Bertz CT molecular complexity index is 996. The molecule has 1 N–H and O–H groups in total. The Labute approximate surface area is 175 Å². The zero-order valence-corrected chi connectivity index (χ0v) is 17.6. The minimum absolute atomic E-state index is 0.0184. The number of halogens is 4. The SMILES string of the molecule is CCOP(=O)(O)C(Oc1ccc([N+](=O)[O-])c(C(F)(F)F)c1)(c1ccc(F)cc1)C(C)C. The van der Waals surface area contributed by atoms with Gasteiger partial charge in [0, 0.05) is 17.5 Å². The lowest BCUT2D eigenvalue weighted by atomic mass is 9.97. The smallest absolute Gasteiger partial charge is 0.423 e. The number of ether oxygens (including phenoxy) is 1. The van der Waals surface area contributed by atoms with Crippen LogP contribution >= 0.6 is 7.60 Å². The molecule has 0 heterocycles. The zero-order valence-electron chi connectivity index (χ0n) is 16.7. The van der Waals surface area contributed by atoms with Gasteiger partial charge in [0.15, 0.2) is 0 Å². The van der Waals surface area contributed by atoms with Gasteiger partial charge >= 0.3 is 13.8 Å². The predicted octanol–water partition coefficient (Wildman–Crippen LogP) is 5.86. The van der Waals surface area contributed by atoms with E-state index < -0.39 is 52.8 Å². The lowest BCUT2D eigenvalue weighted by Gasteiger charge is -2.40. The second-order valence-corrected chi connectivity index (χ2v) is 8.80. The van der Waals surface area contributed by atoms with E-state index in [9.17, 15) is 37.1 Å². The number of alkyl halides is 3. The third kappa shape index (κ3) is 4.89. The summed E-state index contributed by atoms with van der Waals surface area (Å²) in [5.41, 5.74) is -2.81. The average molecular weight is 465 g/mol. The molecule has 0 aliphatic rings. The molecular weight excluding hydrogens is 445 g/mol. The molecule has 0 aromatic heterocycles. The van der Waals surface area contributed by atoms with Gasteiger partial charge < -0.3 is 14.2 Å². The summed E-state index contributed by atoms with van der Waals surface area (Å²) in [5, 5.41) is 8.77. The molecule has 0 aliphatic carbocycles. The Morgan fingerprint density at radius 3 is 2.19 bits per heavy atom. The van der Waals surface area contributed by atoms with Gasteiger partial charge in [-0.3, -0.25) is 14.7 Å². The lowest BCUT2D eigenvalue weighted by molar-refractivity contribution is -0.388. The molecule has 0 radical (unpaired) electrons. The van der Waals surface area contributed by atoms with Gasteiger partial charge in [0.2, 0.25) is 5.34 Å². The fourth-order valence-electron chi connectivity index (χ4n) is 3.16. The lowest BCUT2D eigenvalue weighted by Crippen LogP contribution is -2.39. The maximum atomic E-state index is 13.5. The number of nitro benzene ring substituents is 1. The second-order valence-electron chi connectivity index (χ2n) is 6.83. The van der Waals surface area contributed by atoms with Gasteiger partial charge in [0.25, 0.3) is 5.69 Å². The normalized spacial score (nSPS) is 15.9. The van der Waals surface area contributed by atoms with Crippen LogP contribution in [0.2, 0.25) is 0 Å². The zero-order chi connectivity index (χ0) is 23.6. The Hall–Kier alpha value is -2.49. The van der Waals surface area contributed by atoms with Gasteiger partial charge in [-0.05, 0) is 31.2 Å². The highest BCUT2D eigenvalue weighted by atomic mass is 31.2. The number of rotatable bonds is 8. The van der Waals surface area contributed by atoms with Crippen LogP contribution in [0.5, 0.6) is 5.75 Å². The molecule has 7 nitrogen and oxygen atoms in total. The maximum Gasteiger partial charge on any atom is 0.423 e. The van der Waals surface area contributed by atoms with Crippen LogP contribution in [0.25, 0.3) is 0 Å². The van der Waals surface area contributed by atoms with E-state index in [1.807, 2.05) is 0 Å². The molecule has 0 spiro atoms.